The van der Waals surface area contributed by atoms with Crippen molar-refractivity contribution in [1.29, 1.82) is 0 Å². The summed E-state index contributed by atoms with van der Waals surface area (Å²) in [5.74, 6) is -1.01. The van der Waals surface area contributed by atoms with Gasteiger partial charge in [0.2, 0.25) is 0 Å². The summed E-state index contributed by atoms with van der Waals surface area (Å²) in [5.41, 5.74) is 0. The van der Waals surface area contributed by atoms with Gasteiger partial charge in [-0.15, -0.1) is 0 Å². The molecule has 0 bridgehead atoms. The maximum Gasteiger partial charge on any atom is 0.358 e. The molecule has 1 rings (SSSR count). The van der Waals surface area contributed by atoms with Crippen molar-refractivity contribution in [2.75, 3.05) is 32.8 Å². The highest BCUT2D eigenvalue weighted by Crippen LogP contribution is 2.53. The molecular weight excluding hydrogens is 253 g/mol. The summed E-state index contributed by atoms with van der Waals surface area (Å²) in [6.07, 6.45) is 4.15. The molecule has 5 nitrogen and oxygen atoms in total. The number of hydrogen-bond donors (Lipinski definition) is 1. The standard InChI is InChI=1S/C12H26NO4P/c1-3-16-18(15,17-4-2)12(14)8-11-13-9-6-5-7-10-13/h12,14H,3-11H2,1-2H3. The first-order valence-electron chi connectivity index (χ1n) is 6.91. The first-order valence-corrected chi connectivity index (χ1v) is 8.52. The molecule has 0 aromatic carbocycles. The van der Waals surface area contributed by atoms with E-state index in [-0.39, 0.29) is 13.2 Å². The van der Waals surface area contributed by atoms with Crippen molar-refractivity contribution in [1.82, 2.24) is 4.90 Å². The van der Waals surface area contributed by atoms with Gasteiger partial charge in [0, 0.05) is 6.54 Å². The Hall–Kier alpha value is 0.0700. The second kappa shape index (κ2) is 8.28. The van der Waals surface area contributed by atoms with Gasteiger partial charge in [-0.3, -0.25) is 4.57 Å². The maximum absolute atomic E-state index is 12.3. The Labute approximate surface area is 110 Å². The minimum atomic E-state index is -3.35. The second-order valence-electron chi connectivity index (χ2n) is 4.55. The molecule has 1 aliphatic heterocycles. The molecule has 6 heteroatoms. The molecular formula is C12H26NO4P. The van der Waals surface area contributed by atoms with Gasteiger partial charge in [0.15, 0.2) is 5.85 Å². The molecule has 0 radical (unpaired) electrons. The fraction of sp³-hybridized carbons (Fsp3) is 1.00. The summed E-state index contributed by atoms with van der Waals surface area (Å²) in [7, 11) is -3.35. The van der Waals surface area contributed by atoms with Crippen LogP contribution in [0, 0.1) is 0 Å². The quantitative estimate of drug-likeness (QED) is 0.692. The Morgan fingerprint density at radius 2 is 1.72 bits per heavy atom. The first-order chi connectivity index (χ1) is 8.62. The van der Waals surface area contributed by atoms with Crippen LogP contribution in [0.3, 0.4) is 0 Å². The van der Waals surface area contributed by atoms with Crippen molar-refractivity contribution in [2.45, 2.75) is 45.4 Å². The normalized spacial score (nSPS) is 19.9. The molecule has 18 heavy (non-hydrogen) atoms. The van der Waals surface area contributed by atoms with Crippen molar-refractivity contribution >= 4 is 7.60 Å². The van der Waals surface area contributed by atoms with Crippen molar-refractivity contribution in [3.63, 3.8) is 0 Å². The maximum atomic E-state index is 12.3. The van der Waals surface area contributed by atoms with Crippen LogP contribution in [0.5, 0.6) is 0 Å². The summed E-state index contributed by atoms with van der Waals surface area (Å²) in [4.78, 5) is 2.30. The van der Waals surface area contributed by atoms with E-state index >= 15 is 0 Å². The zero-order valence-corrected chi connectivity index (χ0v) is 12.4. The third-order valence-corrected chi connectivity index (χ3v) is 5.36. The molecule has 1 unspecified atom stereocenters. The van der Waals surface area contributed by atoms with Gasteiger partial charge in [0.05, 0.1) is 13.2 Å². The Morgan fingerprint density at radius 1 is 1.17 bits per heavy atom. The molecule has 0 aliphatic carbocycles. The highest BCUT2D eigenvalue weighted by Gasteiger charge is 2.33. The van der Waals surface area contributed by atoms with Crippen molar-refractivity contribution in [2.24, 2.45) is 0 Å². The number of likely N-dealkylation sites (tertiary alicyclic amines) is 1. The molecule has 1 saturated heterocycles. The molecule has 1 aliphatic rings. The van der Waals surface area contributed by atoms with Gasteiger partial charge in [-0.1, -0.05) is 6.42 Å². The van der Waals surface area contributed by atoms with Crippen LogP contribution in [0.2, 0.25) is 0 Å². The van der Waals surface area contributed by atoms with Crippen LogP contribution in [0.4, 0.5) is 0 Å². The fourth-order valence-electron chi connectivity index (χ4n) is 2.21. The van der Waals surface area contributed by atoms with E-state index in [1.807, 2.05) is 0 Å². The van der Waals surface area contributed by atoms with Crippen LogP contribution >= 0.6 is 7.60 Å². The lowest BCUT2D eigenvalue weighted by molar-refractivity contribution is 0.128. The molecule has 1 heterocycles. The number of piperidine rings is 1. The van der Waals surface area contributed by atoms with E-state index in [0.717, 1.165) is 19.6 Å². The number of aliphatic hydroxyl groups excluding tert-OH is 1. The van der Waals surface area contributed by atoms with E-state index in [1.165, 1.54) is 19.3 Å². The van der Waals surface area contributed by atoms with Crippen molar-refractivity contribution in [3.05, 3.63) is 0 Å². The van der Waals surface area contributed by atoms with E-state index in [9.17, 15) is 9.67 Å². The molecule has 1 atom stereocenters. The van der Waals surface area contributed by atoms with Crippen LogP contribution in [0.15, 0.2) is 0 Å². The van der Waals surface area contributed by atoms with Gasteiger partial charge in [-0.2, -0.15) is 0 Å². The Morgan fingerprint density at radius 3 is 2.22 bits per heavy atom. The summed E-state index contributed by atoms with van der Waals surface area (Å²) in [6.45, 7) is 6.98. The monoisotopic (exact) mass is 279 g/mol. The SMILES string of the molecule is CCOP(=O)(OCC)C(O)CCN1CCCCC1. The van der Waals surface area contributed by atoms with Gasteiger partial charge in [0.25, 0.3) is 0 Å². The number of nitrogens with zero attached hydrogens (tertiary/aromatic N) is 1. The Kier molecular flexibility index (Phi) is 7.42. The summed E-state index contributed by atoms with van der Waals surface area (Å²) >= 11 is 0. The molecule has 1 N–H and O–H groups in total. The smallest absolute Gasteiger partial charge is 0.358 e. The molecule has 0 amide bonds. The van der Waals surface area contributed by atoms with E-state index < -0.39 is 13.4 Å². The summed E-state index contributed by atoms with van der Waals surface area (Å²) in [5, 5.41) is 10.0. The topological polar surface area (TPSA) is 59.0 Å². The van der Waals surface area contributed by atoms with Crippen LogP contribution in [0.25, 0.3) is 0 Å². The van der Waals surface area contributed by atoms with Crippen molar-refractivity contribution in [3.8, 4) is 0 Å². The molecule has 1 fully saturated rings. The van der Waals surface area contributed by atoms with Crippen molar-refractivity contribution < 1.29 is 18.7 Å². The lowest BCUT2D eigenvalue weighted by atomic mass is 10.1. The zero-order valence-electron chi connectivity index (χ0n) is 11.5. The number of rotatable bonds is 8. The lowest BCUT2D eigenvalue weighted by Crippen LogP contribution is -2.32. The molecule has 108 valence electrons. The van der Waals surface area contributed by atoms with Gasteiger partial charge < -0.3 is 19.1 Å². The van der Waals surface area contributed by atoms with Gasteiger partial charge >= 0.3 is 7.60 Å². The van der Waals surface area contributed by atoms with Crippen LogP contribution in [-0.4, -0.2) is 48.7 Å². The lowest BCUT2D eigenvalue weighted by Gasteiger charge is -2.28. The average Bonchev–Trinajstić information content (AvgIpc) is 2.37. The second-order valence-corrected chi connectivity index (χ2v) is 6.74. The highest BCUT2D eigenvalue weighted by atomic mass is 31.2. The number of aliphatic hydroxyl groups is 1. The Bertz CT molecular complexity index is 259. The van der Waals surface area contributed by atoms with E-state index in [0.29, 0.717) is 6.42 Å². The molecule has 0 aromatic rings. The molecule has 0 aromatic heterocycles. The van der Waals surface area contributed by atoms with E-state index in [2.05, 4.69) is 4.90 Å². The van der Waals surface area contributed by atoms with Crippen LogP contribution < -0.4 is 0 Å². The zero-order chi connectivity index (χ0) is 13.4. The minimum Gasteiger partial charge on any atom is -0.380 e. The number of hydrogen-bond acceptors (Lipinski definition) is 5. The summed E-state index contributed by atoms with van der Waals surface area (Å²) in [6, 6.07) is 0. The Balaban J connectivity index is 2.40. The van der Waals surface area contributed by atoms with Gasteiger partial charge in [0.1, 0.15) is 0 Å². The highest BCUT2D eigenvalue weighted by molar-refractivity contribution is 7.54. The van der Waals surface area contributed by atoms with Gasteiger partial charge in [-0.05, 0) is 46.2 Å². The van der Waals surface area contributed by atoms with Crippen LogP contribution in [0.1, 0.15) is 39.5 Å². The minimum absolute atomic E-state index is 0.290. The third kappa shape index (κ3) is 4.98. The largest absolute Gasteiger partial charge is 0.380 e. The fourth-order valence-corrected chi connectivity index (χ4v) is 3.78. The molecule has 0 spiro atoms. The average molecular weight is 279 g/mol. The predicted octanol–water partition coefficient (Wildman–Crippen LogP) is 2.45. The van der Waals surface area contributed by atoms with Crippen LogP contribution in [-0.2, 0) is 13.6 Å². The first kappa shape index (κ1) is 16.1. The predicted molar refractivity (Wildman–Crippen MR) is 71.8 cm³/mol. The molecule has 0 saturated carbocycles. The van der Waals surface area contributed by atoms with Gasteiger partial charge in [-0.25, -0.2) is 0 Å². The third-order valence-electron chi connectivity index (χ3n) is 3.14. The summed E-state index contributed by atoms with van der Waals surface area (Å²) < 4.78 is 22.5. The van der Waals surface area contributed by atoms with E-state index in [1.54, 1.807) is 13.8 Å². The van der Waals surface area contributed by atoms with E-state index in [4.69, 9.17) is 9.05 Å².